The molecule has 0 radical (unpaired) electrons. The molecular formula is C17H12ClN3O. The maximum Gasteiger partial charge on any atom is 0.251 e. The highest BCUT2D eigenvalue weighted by molar-refractivity contribution is 6.30. The van der Waals surface area contributed by atoms with Crippen LogP contribution in [0.25, 0.3) is 28.4 Å². The largest absolute Gasteiger partial charge is 0.418 e. The maximum atomic E-state index is 5.95. The molecule has 0 aliphatic rings. The van der Waals surface area contributed by atoms with Gasteiger partial charge >= 0.3 is 0 Å². The van der Waals surface area contributed by atoms with Crippen molar-refractivity contribution in [1.82, 2.24) is 14.8 Å². The van der Waals surface area contributed by atoms with Crippen LogP contribution in [0, 0.1) is 6.92 Å². The van der Waals surface area contributed by atoms with Gasteiger partial charge in [0.25, 0.3) is 5.71 Å². The fraction of sp³-hybridized carbons (Fsp3) is 0.0588. The van der Waals surface area contributed by atoms with Gasteiger partial charge < -0.3 is 4.42 Å². The van der Waals surface area contributed by atoms with E-state index < -0.39 is 0 Å². The molecule has 2 aromatic heterocycles. The molecule has 0 bridgehead atoms. The van der Waals surface area contributed by atoms with E-state index in [1.54, 1.807) is 4.68 Å². The Labute approximate surface area is 132 Å². The molecule has 4 rings (SSSR count). The zero-order chi connectivity index (χ0) is 15.1. The Morgan fingerprint density at radius 1 is 1.00 bits per heavy atom. The van der Waals surface area contributed by atoms with E-state index in [1.807, 2.05) is 61.5 Å². The monoisotopic (exact) mass is 309 g/mol. The first-order valence-corrected chi connectivity index (χ1v) is 7.28. The predicted molar refractivity (Wildman–Crippen MR) is 86.3 cm³/mol. The van der Waals surface area contributed by atoms with Crippen molar-refractivity contribution in [2.24, 2.45) is 0 Å². The molecule has 0 saturated carbocycles. The van der Waals surface area contributed by atoms with Gasteiger partial charge in [-0.1, -0.05) is 29.8 Å². The van der Waals surface area contributed by atoms with Crippen LogP contribution in [0.2, 0.25) is 5.02 Å². The fourth-order valence-electron chi connectivity index (χ4n) is 2.39. The smallest absolute Gasteiger partial charge is 0.251 e. The molecule has 0 saturated heterocycles. The summed E-state index contributed by atoms with van der Waals surface area (Å²) in [5.41, 5.74) is 4.09. The molecule has 0 atom stereocenters. The first-order chi connectivity index (χ1) is 10.7. The van der Waals surface area contributed by atoms with Gasteiger partial charge in [0.05, 0.1) is 11.4 Å². The minimum absolute atomic E-state index is 0.567. The molecule has 22 heavy (non-hydrogen) atoms. The summed E-state index contributed by atoms with van der Waals surface area (Å²) >= 11 is 5.92. The molecule has 5 heteroatoms. The summed E-state index contributed by atoms with van der Waals surface area (Å²) in [7, 11) is 0. The summed E-state index contributed by atoms with van der Waals surface area (Å²) in [5, 5.41) is 5.19. The highest BCUT2D eigenvalue weighted by Gasteiger charge is 2.17. The Morgan fingerprint density at radius 2 is 1.73 bits per heavy atom. The summed E-state index contributed by atoms with van der Waals surface area (Å²) in [5.74, 6) is 0.567. The molecule has 0 aliphatic heterocycles. The molecule has 0 unspecified atom stereocenters. The van der Waals surface area contributed by atoms with Gasteiger partial charge in [0.2, 0.25) is 5.89 Å². The second-order valence-corrected chi connectivity index (χ2v) is 5.45. The summed E-state index contributed by atoms with van der Waals surface area (Å²) in [6, 6.07) is 17.3. The van der Waals surface area contributed by atoms with Crippen molar-refractivity contribution in [3.63, 3.8) is 0 Å². The van der Waals surface area contributed by atoms with Crippen LogP contribution < -0.4 is 0 Å². The van der Waals surface area contributed by atoms with Crippen LogP contribution in [0.3, 0.4) is 0 Å². The van der Waals surface area contributed by atoms with Gasteiger partial charge in [0.1, 0.15) is 0 Å². The number of para-hydroxylation sites is 1. The Hall–Kier alpha value is -2.59. The van der Waals surface area contributed by atoms with Crippen LogP contribution in [0.15, 0.2) is 59.0 Å². The van der Waals surface area contributed by atoms with Crippen LogP contribution in [0.1, 0.15) is 5.69 Å². The highest BCUT2D eigenvalue weighted by atomic mass is 35.5. The van der Waals surface area contributed by atoms with Gasteiger partial charge in [-0.05, 0) is 43.3 Å². The summed E-state index contributed by atoms with van der Waals surface area (Å²) < 4.78 is 7.72. The van der Waals surface area contributed by atoms with E-state index in [1.165, 1.54) is 0 Å². The molecule has 0 fully saturated rings. The maximum absolute atomic E-state index is 5.95. The number of nitrogens with zero attached hydrogens (tertiary/aromatic N) is 3. The zero-order valence-corrected chi connectivity index (χ0v) is 12.6. The highest BCUT2D eigenvalue weighted by Crippen LogP contribution is 2.28. The van der Waals surface area contributed by atoms with Gasteiger partial charge in [-0.25, -0.2) is 4.98 Å². The van der Waals surface area contributed by atoms with Gasteiger partial charge in [-0.2, -0.15) is 9.78 Å². The Balaban J connectivity index is 1.89. The van der Waals surface area contributed by atoms with Gasteiger partial charge in [-0.3, -0.25) is 0 Å². The number of hydrogen-bond acceptors (Lipinski definition) is 3. The summed E-state index contributed by atoms with van der Waals surface area (Å²) in [6.07, 6.45) is 0. The van der Waals surface area contributed by atoms with Crippen LogP contribution in [0.4, 0.5) is 0 Å². The van der Waals surface area contributed by atoms with E-state index >= 15 is 0 Å². The number of hydrogen-bond donors (Lipinski definition) is 0. The number of oxazole rings is 1. The quantitative estimate of drug-likeness (QED) is 0.541. The first kappa shape index (κ1) is 13.1. The minimum atomic E-state index is 0.567. The zero-order valence-electron chi connectivity index (χ0n) is 11.8. The van der Waals surface area contributed by atoms with Gasteiger partial charge in [0.15, 0.2) is 5.52 Å². The topological polar surface area (TPSA) is 43.9 Å². The normalized spacial score (nSPS) is 11.2. The Bertz CT molecular complexity index is 939. The van der Waals surface area contributed by atoms with Crippen molar-refractivity contribution in [2.45, 2.75) is 6.92 Å². The fourth-order valence-corrected chi connectivity index (χ4v) is 2.52. The Morgan fingerprint density at radius 3 is 2.45 bits per heavy atom. The van der Waals surface area contributed by atoms with Crippen molar-refractivity contribution in [2.75, 3.05) is 0 Å². The first-order valence-electron chi connectivity index (χ1n) is 6.90. The van der Waals surface area contributed by atoms with Crippen molar-refractivity contribution in [3.8, 4) is 17.1 Å². The van der Waals surface area contributed by atoms with Gasteiger partial charge in [0, 0.05) is 10.6 Å². The standard InChI is InChI=1S/C17H12ClN3O/c1-11-15-17(21(20-11)14-5-3-2-4-6-14)22-16(19-15)12-7-9-13(18)10-8-12/h2-10H,1H3. The van der Waals surface area contributed by atoms with Gasteiger partial charge in [-0.15, -0.1) is 0 Å². The number of halogens is 1. The lowest BCUT2D eigenvalue weighted by atomic mass is 10.2. The second-order valence-electron chi connectivity index (χ2n) is 5.01. The third-order valence-electron chi connectivity index (χ3n) is 3.49. The van der Waals surface area contributed by atoms with Crippen LogP contribution in [-0.4, -0.2) is 14.8 Å². The van der Waals surface area contributed by atoms with E-state index in [4.69, 9.17) is 16.0 Å². The average molecular weight is 310 g/mol. The Kier molecular flexibility index (Phi) is 2.98. The lowest BCUT2D eigenvalue weighted by Crippen LogP contribution is -1.95. The number of fused-ring (bicyclic) bond motifs is 1. The molecular weight excluding hydrogens is 298 g/mol. The minimum Gasteiger partial charge on any atom is -0.418 e. The molecule has 0 amide bonds. The molecule has 108 valence electrons. The van der Waals surface area contributed by atoms with Crippen molar-refractivity contribution < 1.29 is 4.42 Å². The van der Waals surface area contributed by atoms with Crippen LogP contribution in [0.5, 0.6) is 0 Å². The summed E-state index contributed by atoms with van der Waals surface area (Å²) in [4.78, 5) is 4.57. The van der Waals surface area contributed by atoms with E-state index in [0.717, 1.165) is 22.5 Å². The van der Waals surface area contributed by atoms with Crippen LogP contribution >= 0.6 is 11.6 Å². The third-order valence-corrected chi connectivity index (χ3v) is 3.74. The molecule has 2 heterocycles. The van der Waals surface area contributed by atoms with Crippen molar-refractivity contribution >= 4 is 22.8 Å². The van der Waals surface area contributed by atoms with E-state index in [9.17, 15) is 0 Å². The average Bonchev–Trinajstić information content (AvgIpc) is 3.10. The number of aromatic nitrogens is 3. The van der Waals surface area contributed by atoms with E-state index in [-0.39, 0.29) is 0 Å². The van der Waals surface area contributed by atoms with Crippen LogP contribution in [-0.2, 0) is 0 Å². The number of benzene rings is 2. The third kappa shape index (κ3) is 2.09. The molecule has 0 spiro atoms. The SMILES string of the molecule is Cc1nn(-c2ccccc2)c2oc(-c3ccc(Cl)cc3)nc12. The molecule has 0 aliphatic carbocycles. The molecule has 4 aromatic rings. The number of rotatable bonds is 2. The predicted octanol–water partition coefficient (Wildman–Crippen LogP) is 4.64. The molecule has 0 N–H and O–H groups in total. The lowest BCUT2D eigenvalue weighted by Gasteiger charge is -2.00. The van der Waals surface area contributed by atoms with E-state index in [2.05, 4.69) is 10.1 Å². The molecule has 2 aromatic carbocycles. The molecule has 4 nitrogen and oxygen atoms in total. The second kappa shape index (κ2) is 5.00. The summed E-state index contributed by atoms with van der Waals surface area (Å²) in [6.45, 7) is 1.93. The van der Waals surface area contributed by atoms with E-state index in [0.29, 0.717) is 16.6 Å². The van der Waals surface area contributed by atoms with Crippen molar-refractivity contribution in [1.29, 1.82) is 0 Å². The number of aryl methyl sites for hydroxylation is 1. The lowest BCUT2D eigenvalue weighted by molar-refractivity contribution is 0.587. The van der Waals surface area contributed by atoms with Crippen molar-refractivity contribution in [3.05, 3.63) is 65.3 Å².